The molecule has 0 aliphatic heterocycles. The fourth-order valence-electron chi connectivity index (χ4n) is 2.20. The van der Waals surface area contributed by atoms with Crippen molar-refractivity contribution in [2.45, 2.75) is 26.1 Å². The topological polar surface area (TPSA) is 41.6 Å². The number of benzene rings is 1. The molecular formula is C17H21ClN2O2S. The maximum atomic E-state index is 12.3. The molecule has 1 atom stereocenters. The van der Waals surface area contributed by atoms with Gasteiger partial charge in [-0.25, -0.2) is 0 Å². The van der Waals surface area contributed by atoms with Crippen LogP contribution in [0.15, 0.2) is 36.4 Å². The Kier molecular flexibility index (Phi) is 6.45. The Bertz CT molecular complexity index is 660. The second kappa shape index (κ2) is 8.34. The molecular weight excluding hydrogens is 332 g/mol. The number of methoxy groups -OCH3 is 1. The first-order valence-electron chi connectivity index (χ1n) is 7.35. The van der Waals surface area contributed by atoms with Crippen LogP contribution >= 0.6 is 22.9 Å². The second-order valence-corrected chi connectivity index (χ2v) is 7.13. The molecule has 4 nitrogen and oxygen atoms in total. The van der Waals surface area contributed by atoms with Crippen molar-refractivity contribution in [2.24, 2.45) is 0 Å². The lowest BCUT2D eigenvalue weighted by atomic mass is 10.2. The van der Waals surface area contributed by atoms with E-state index in [0.29, 0.717) is 13.1 Å². The summed E-state index contributed by atoms with van der Waals surface area (Å²) in [5, 5.41) is 2.96. The number of amides is 1. The van der Waals surface area contributed by atoms with Gasteiger partial charge in [-0.15, -0.1) is 11.3 Å². The summed E-state index contributed by atoms with van der Waals surface area (Å²) in [6.45, 7) is 3.04. The Hall–Kier alpha value is -1.56. The van der Waals surface area contributed by atoms with Crippen LogP contribution in [0, 0.1) is 0 Å². The molecule has 6 heteroatoms. The van der Waals surface area contributed by atoms with Crippen LogP contribution in [0.2, 0.25) is 4.34 Å². The van der Waals surface area contributed by atoms with Gasteiger partial charge in [0.05, 0.1) is 17.5 Å². The molecule has 1 heterocycles. The summed E-state index contributed by atoms with van der Waals surface area (Å²) in [6.07, 6.45) is 0. The summed E-state index contributed by atoms with van der Waals surface area (Å²) in [7, 11) is 3.56. The van der Waals surface area contributed by atoms with Crippen LogP contribution in [0.5, 0.6) is 5.75 Å². The van der Waals surface area contributed by atoms with E-state index in [2.05, 4.69) is 5.32 Å². The maximum Gasteiger partial charge on any atom is 0.237 e. The standard InChI is InChI=1S/C17H21ClN2O2S/c1-12(20(2)11-14-8-9-16(18)23-14)17(21)19-10-13-6-4-5-7-15(13)22-3/h4-9,12H,10-11H2,1-3H3,(H,19,21). The number of carbonyl (C=O) groups excluding carboxylic acids is 1. The summed E-state index contributed by atoms with van der Waals surface area (Å²) in [6, 6.07) is 11.3. The van der Waals surface area contributed by atoms with Crippen LogP contribution in [-0.2, 0) is 17.9 Å². The Morgan fingerprint density at radius 2 is 2.09 bits per heavy atom. The van der Waals surface area contributed by atoms with E-state index < -0.39 is 0 Å². The van der Waals surface area contributed by atoms with Crippen molar-refractivity contribution in [3.8, 4) is 5.75 Å². The van der Waals surface area contributed by atoms with E-state index in [-0.39, 0.29) is 11.9 Å². The molecule has 0 radical (unpaired) electrons. The van der Waals surface area contributed by atoms with Gasteiger partial charge in [-0.3, -0.25) is 9.69 Å². The molecule has 0 aliphatic rings. The van der Waals surface area contributed by atoms with Crippen molar-refractivity contribution in [3.63, 3.8) is 0 Å². The first-order chi connectivity index (χ1) is 11.0. The van der Waals surface area contributed by atoms with Gasteiger partial charge in [0.25, 0.3) is 0 Å². The summed E-state index contributed by atoms with van der Waals surface area (Å²) >= 11 is 7.48. The summed E-state index contributed by atoms with van der Waals surface area (Å²) in [5.41, 5.74) is 0.961. The number of para-hydroxylation sites is 1. The van der Waals surface area contributed by atoms with Gasteiger partial charge in [-0.1, -0.05) is 29.8 Å². The van der Waals surface area contributed by atoms with Gasteiger partial charge in [-0.2, -0.15) is 0 Å². The molecule has 2 aromatic rings. The zero-order chi connectivity index (χ0) is 16.8. The van der Waals surface area contributed by atoms with E-state index in [9.17, 15) is 4.79 Å². The van der Waals surface area contributed by atoms with Crippen LogP contribution in [0.3, 0.4) is 0 Å². The van der Waals surface area contributed by atoms with E-state index in [1.807, 2.05) is 55.3 Å². The molecule has 1 N–H and O–H groups in total. The molecule has 1 aromatic heterocycles. The highest BCUT2D eigenvalue weighted by atomic mass is 35.5. The molecule has 0 aliphatic carbocycles. The lowest BCUT2D eigenvalue weighted by Gasteiger charge is -2.23. The third-order valence-corrected chi connectivity index (χ3v) is 4.94. The number of thiophene rings is 1. The average molecular weight is 353 g/mol. The summed E-state index contributed by atoms with van der Waals surface area (Å²) in [4.78, 5) is 15.5. The Labute approximate surface area is 146 Å². The lowest BCUT2D eigenvalue weighted by molar-refractivity contribution is -0.125. The highest BCUT2D eigenvalue weighted by molar-refractivity contribution is 7.16. The number of rotatable bonds is 7. The number of nitrogens with one attached hydrogen (secondary N) is 1. The molecule has 0 saturated carbocycles. The molecule has 2 rings (SSSR count). The largest absolute Gasteiger partial charge is 0.496 e. The minimum absolute atomic E-state index is 0.0129. The molecule has 23 heavy (non-hydrogen) atoms. The zero-order valence-electron chi connectivity index (χ0n) is 13.5. The first-order valence-corrected chi connectivity index (χ1v) is 8.54. The first kappa shape index (κ1) is 17.8. The predicted molar refractivity (Wildman–Crippen MR) is 95.1 cm³/mol. The van der Waals surface area contributed by atoms with Crippen molar-refractivity contribution in [3.05, 3.63) is 51.2 Å². The van der Waals surface area contributed by atoms with E-state index in [0.717, 1.165) is 20.5 Å². The van der Waals surface area contributed by atoms with E-state index in [1.54, 1.807) is 7.11 Å². The highest BCUT2D eigenvalue weighted by Gasteiger charge is 2.18. The lowest BCUT2D eigenvalue weighted by Crippen LogP contribution is -2.42. The molecule has 0 bridgehead atoms. The smallest absolute Gasteiger partial charge is 0.237 e. The van der Waals surface area contributed by atoms with Crippen molar-refractivity contribution in [1.82, 2.24) is 10.2 Å². The molecule has 124 valence electrons. The number of ether oxygens (including phenoxy) is 1. The van der Waals surface area contributed by atoms with E-state index in [1.165, 1.54) is 11.3 Å². The number of carbonyl (C=O) groups is 1. The molecule has 1 unspecified atom stereocenters. The number of nitrogens with zero attached hydrogens (tertiary/aromatic N) is 1. The van der Waals surface area contributed by atoms with Gasteiger partial charge < -0.3 is 10.1 Å². The molecule has 1 aromatic carbocycles. The van der Waals surface area contributed by atoms with Crippen molar-refractivity contribution < 1.29 is 9.53 Å². The molecule has 0 fully saturated rings. The molecule has 0 spiro atoms. The number of likely N-dealkylation sites (N-methyl/N-ethyl adjacent to an activating group) is 1. The highest BCUT2D eigenvalue weighted by Crippen LogP contribution is 2.23. The number of halogens is 1. The maximum absolute atomic E-state index is 12.3. The quantitative estimate of drug-likeness (QED) is 0.828. The Morgan fingerprint density at radius 3 is 2.74 bits per heavy atom. The average Bonchev–Trinajstić information content (AvgIpc) is 2.96. The van der Waals surface area contributed by atoms with E-state index >= 15 is 0 Å². The van der Waals surface area contributed by atoms with Gasteiger partial charge in [0, 0.05) is 23.5 Å². The Balaban J connectivity index is 1.89. The van der Waals surface area contributed by atoms with Crippen molar-refractivity contribution >= 4 is 28.8 Å². The van der Waals surface area contributed by atoms with Gasteiger partial charge >= 0.3 is 0 Å². The van der Waals surface area contributed by atoms with Crippen molar-refractivity contribution in [2.75, 3.05) is 14.2 Å². The summed E-state index contributed by atoms with van der Waals surface area (Å²) < 4.78 is 6.06. The van der Waals surface area contributed by atoms with Crippen LogP contribution in [0.1, 0.15) is 17.4 Å². The fraction of sp³-hybridized carbons (Fsp3) is 0.353. The van der Waals surface area contributed by atoms with Gasteiger partial charge in [-0.05, 0) is 32.2 Å². The van der Waals surface area contributed by atoms with Crippen LogP contribution < -0.4 is 10.1 Å². The zero-order valence-corrected chi connectivity index (χ0v) is 15.1. The number of hydrogen-bond acceptors (Lipinski definition) is 4. The predicted octanol–water partition coefficient (Wildman–Crippen LogP) is 3.55. The minimum atomic E-state index is -0.231. The van der Waals surface area contributed by atoms with Gasteiger partial charge in [0.1, 0.15) is 5.75 Å². The minimum Gasteiger partial charge on any atom is -0.496 e. The number of hydrogen-bond donors (Lipinski definition) is 1. The third kappa shape index (κ3) is 4.96. The van der Waals surface area contributed by atoms with Gasteiger partial charge in [0.15, 0.2) is 0 Å². The normalized spacial score (nSPS) is 12.2. The molecule has 0 saturated heterocycles. The van der Waals surface area contributed by atoms with Gasteiger partial charge in [0.2, 0.25) is 5.91 Å². The monoisotopic (exact) mass is 352 g/mol. The van der Waals surface area contributed by atoms with Crippen molar-refractivity contribution in [1.29, 1.82) is 0 Å². The van der Waals surface area contributed by atoms with E-state index in [4.69, 9.17) is 16.3 Å². The van der Waals surface area contributed by atoms with Crippen LogP contribution in [-0.4, -0.2) is 31.0 Å². The summed E-state index contributed by atoms with van der Waals surface area (Å²) in [5.74, 6) is 0.767. The van der Waals surface area contributed by atoms with Crippen LogP contribution in [0.25, 0.3) is 0 Å². The molecule has 1 amide bonds. The second-order valence-electron chi connectivity index (χ2n) is 5.33. The third-order valence-electron chi connectivity index (χ3n) is 3.72. The Morgan fingerprint density at radius 1 is 1.35 bits per heavy atom. The van der Waals surface area contributed by atoms with Crippen LogP contribution in [0.4, 0.5) is 0 Å². The fourth-order valence-corrected chi connectivity index (χ4v) is 3.35. The SMILES string of the molecule is COc1ccccc1CNC(=O)C(C)N(C)Cc1ccc(Cl)s1.